The van der Waals surface area contributed by atoms with E-state index in [0.29, 0.717) is 12.4 Å². The molecule has 0 N–H and O–H groups in total. The van der Waals surface area contributed by atoms with Gasteiger partial charge in [-0.15, -0.1) is 0 Å². The topological polar surface area (TPSA) is 61.6 Å². The first-order chi connectivity index (χ1) is 9.61. The van der Waals surface area contributed by atoms with Crippen molar-refractivity contribution in [1.29, 1.82) is 0 Å². The van der Waals surface area contributed by atoms with Gasteiger partial charge in [0.1, 0.15) is 12.4 Å². The molecular formula is C15H15NO4. The Balaban J connectivity index is 2.21. The fourth-order valence-corrected chi connectivity index (χ4v) is 1.82. The van der Waals surface area contributed by atoms with Crippen molar-refractivity contribution in [3.63, 3.8) is 0 Å². The molecule has 20 heavy (non-hydrogen) atoms. The summed E-state index contributed by atoms with van der Waals surface area (Å²) in [5, 5.41) is 11.0. The van der Waals surface area contributed by atoms with Crippen LogP contribution in [0.15, 0.2) is 42.5 Å². The van der Waals surface area contributed by atoms with Crippen LogP contribution in [0.2, 0.25) is 0 Å². The lowest BCUT2D eigenvalue weighted by Gasteiger charge is -2.09. The van der Waals surface area contributed by atoms with Crippen molar-refractivity contribution >= 4 is 5.69 Å². The number of aryl methyl sites for hydroxylation is 1. The van der Waals surface area contributed by atoms with Crippen LogP contribution >= 0.6 is 0 Å². The molecule has 0 amide bonds. The summed E-state index contributed by atoms with van der Waals surface area (Å²) < 4.78 is 10.5. The first kappa shape index (κ1) is 13.9. The standard InChI is InChI=1S/C15H15NO4/c1-11-5-3-4-6-12(11)10-20-15-8-7-13(19-2)9-14(15)16(17)18/h3-9H,10H2,1-2H3. The van der Waals surface area contributed by atoms with E-state index in [9.17, 15) is 10.1 Å². The van der Waals surface area contributed by atoms with Gasteiger partial charge in [-0.2, -0.15) is 0 Å². The molecule has 0 heterocycles. The van der Waals surface area contributed by atoms with Crippen LogP contribution in [-0.4, -0.2) is 12.0 Å². The van der Waals surface area contributed by atoms with Crippen LogP contribution in [0.25, 0.3) is 0 Å². The van der Waals surface area contributed by atoms with E-state index < -0.39 is 4.92 Å². The molecule has 0 saturated heterocycles. The Morgan fingerprint density at radius 2 is 1.95 bits per heavy atom. The zero-order valence-corrected chi connectivity index (χ0v) is 11.3. The molecule has 0 radical (unpaired) electrons. The Labute approximate surface area is 116 Å². The summed E-state index contributed by atoms with van der Waals surface area (Å²) in [7, 11) is 1.47. The van der Waals surface area contributed by atoms with Crippen LogP contribution in [-0.2, 0) is 6.61 Å². The molecule has 2 rings (SSSR count). The molecule has 0 spiro atoms. The predicted molar refractivity (Wildman–Crippen MR) is 75.2 cm³/mol. The summed E-state index contributed by atoms with van der Waals surface area (Å²) in [6.07, 6.45) is 0. The minimum Gasteiger partial charge on any atom is -0.496 e. The number of nitro groups is 1. The lowest BCUT2D eigenvalue weighted by atomic mass is 10.1. The van der Waals surface area contributed by atoms with Gasteiger partial charge in [0.15, 0.2) is 5.75 Å². The molecular weight excluding hydrogens is 258 g/mol. The number of hydrogen-bond acceptors (Lipinski definition) is 4. The van der Waals surface area contributed by atoms with Crippen molar-refractivity contribution in [3.05, 3.63) is 63.7 Å². The number of nitro benzene ring substituents is 1. The monoisotopic (exact) mass is 273 g/mol. The van der Waals surface area contributed by atoms with Gasteiger partial charge in [0.25, 0.3) is 0 Å². The highest BCUT2D eigenvalue weighted by atomic mass is 16.6. The maximum Gasteiger partial charge on any atom is 0.314 e. The van der Waals surface area contributed by atoms with Gasteiger partial charge in [0, 0.05) is 0 Å². The molecule has 0 fully saturated rings. The van der Waals surface area contributed by atoms with Crippen LogP contribution in [0.3, 0.4) is 0 Å². The molecule has 0 aliphatic rings. The number of ether oxygens (including phenoxy) is 2. The van der Waals surface area contributed by atoms with Crippen molar-refractivity contribution < 1.29 is 14.4 Å². The Morgan fingerprint density at radius 1 is 1.20 bits per heavy atom. The van der Waals surface area contributed by atoms with Crippen LogP contribution in [0.5, 0.6) is 11.5 Å². The molecule has 2 aromatic carbocycles. The third-order valence-corrected chi connectivity index (χ3v) is 3.01. The van der Waals surface area contributed by atoms with Gasteiger partial charge in [-0.3, -0.25) is 10.1 Å². The van der Waals surface area contributed by atoms with Gasteiger partial charge in [0.05, 0.1) is 18.1 Å². The maximum absolute atomic E-state index is 11.0. The summed E-state index contributed by atoms with van der Waals surface area (Å²) in [5.74, 6) is 0.666. The number of benzene rings is 2. The number of rotatable bonds is 5. The van der Waals surface area contributed by atoms with Crippen molar-refractivity contribution in [2.75, 3.05) is 7.11 Å². The van der Waals surface area contributed by atoms with Gasteiger partial charge >= 0.3 is 5.69 Å². The van der Waals surface area contributed by atoms with E-state index in [-0.39, 0.29) is 11.4 Å². The van der Waals surface area contributed by atoms with Crippen molar-refractivity contribution in [1.82, 2.24) is 0 Å². The second kappa shape index (κ2) is 6.06. The van der Waals surface area contributed by atoms with E-state index in [2.05, 4.69) is 0 Å². The molecule has 5 heteroatoms. The number of methoxy groups -OCH3 is 1. The van der Waals surface area contributed by atoms with Crippen molar-refractivity contribution in [2.24, 2.45) is 0 Å². The zero-order valence-electron chi connectivity index (χ0n) is 11.3. The molecule has 0 unspecified atom stereocenters. The quantitative estimate of drug-likeness (QED) is 0.618. The van der Waals surface area contributed by atoms with Gasteiger partial charge in [-0.1, -0.05) is 24.3 Å². The molecule has 2 aromatic rings. The van der Waals surface area contributed by atoms with E-state index in [1.165, 1.54) is 13.2 Å². The van der Waals surface area contributed by atoms with E-state index in [1.54, 1.807) is 12.1 Å². The molecule has 0 aliphatic heterocycles. The second-order valence-corrected chi connectivity index (χ2v) is 4.31. The molecule has 0 atom stereocenters. The van der Waals surface area contributed by atoms with Gasteiger partial charge in [0.2, 0.25) is 0 Å². The second-order valence-electron chi connectivity index (χ2n) is 4.31. The largest absolute Gasteiger partial charge is 0.496 e. The lowest BCUT2D eigenvalue weighted by molar-refractivity contribution is -0.386. The number of hydrogen-bond donors (Lipinski definition) is 0. The normalized spacial score (nSPS) is 10.1. The van der Waals surface area contributed by atoms with Crippen LogP contribution in [0.1, 0.15) is 11.1 Å². The smallest absolute Gasteiger partial charge is 0.314 e. The summed E-state index contributed by atoms with van der Waals surface area (Å²) in [4.78, 5) is 10.6. The Kier molecular flexibility index (Phi) is 4.20. The minimum atomic E-state index is -0.476. The molecule has 104 valence electrons. The van der Waals surface area contributed by atoms with Gasteiger partial charge in [-0.05, 0) is 30.2 Å². The van der Waals surface area contributed by atoms with E-state index in [1.807, 2.05) is 31.2 Å². The third kappa shape index (κ3) is 3.06. The van der Waals surface area contributed by atoms with Crippen LogP contribution in [0, 0.1) is 17.0 Å². The van der Waals surface area contributed by atoms with Crippen molar-refractivity contribution in [3.8, 4) is 11.5 Å². The van der Waals surface area contributed by atoms with E-state index in [0.717, 1.165) is 11.1 Å². The Bertz CT molecular complexity index is 625. The summed E-state index contributed by atoms with van der Waals surface area (Å²) >= 11 is 0. The maximum atomic E-state index is 11.0. The van der Waals surface area contributed by atoms with Crippen molar-refractivity contribution in [2.45, 2.75) is 13.5 Å². The molecule has 0 aromatic heterocycles. The molecule has 0 aliphatic carbocycles. The first-order valence-corrected chi connectivity index (χ1v) is 6.11. The van der Waals surface area contributed by atoms with Gasteiger partial charge in [-0.25, -0.2) is 0 Å². The molecule has 0 saturated carbocycles. The average Bonchev–Trinajstić information content (AvgIpc) is 2.46. The molecule has 5 nitrogen and oxygen atoms in total. The van der Waals surface area contributed by atoms with E-state index >= 15 is 0 Å². The zero-order chi connectivity index (χ0) is 14.5. The average molecular weight is 273 g/mol. The Morgan fingerprint density at radius 3 is 2.60 bits per heavy atom. The highest BCUT2D eigenvalue weighted by Crippen LogP contribution is 2.31. The lowest BCUT2D eigenvalue weighted by Crippen LogP contribution is -2.01. The van der Waals surface area contributed by atoms with Crippen LogP contribution < -0.4 is 9.47 Å². The van der Waals surface area contributed by atoms with E-state index in [4.69, 9.17) is 9.47 Å². The SMILES string of the molecule is COc1ccc(OCc2ccccc2C)c([N+](=O)[O-])c1. The third-order valence-electron chi connectivity index (χ3n) is 3.01. The predicted octanol–water partition coefficient (Wildman–Crippen LogP) is 3.49. The first-order valence-electron chi connectivity index (χ1n) is 6.11. The highest BCUT2D eigenvalue weighted by Gasteiger charge is 2.16. The minimum absolute atomic E-state index is 0.0991. The fraction of sp³-hybridized carbons (Fsp3) is 0.200. The van der Waals surface area contributed by atoms with Crippen LogP contribution in [0.4, 0.5) is 5.69 Å². The molecule has 0 bridgehead atoms. The number of nitrogens with zero attached hydrogens (tertiary/aromatic N) is 1. The van der Waals surface area contributed by atoms with Gasteiger partial charge < -0.3 is 9.47 Å². The highest BCUT2D eigenvalue weighted by molar-refractivity contribution is 5.51. The summed E-state index contributed by atoms with van der Waals surface area (Å²) in [6.45, 7) is 2.26. The fourth-order valence-electron chi connectivity index (χ4n) is 1.82. The summed E-state index contributed by atoms with van der Waals surface area (Å²) in [5.41, 5.74) is 1.99. The summed E-state index contributed by atoms with van der Waals surface area (Å²) in [6, 6.07) is 12.3. The Hall–Kier alpha value is -2.56.